The van der Waals surface area contributed by atoms with E-state index in [0.717, 1.165) is 11.6 Å². The van der Waals surface area contributed by atoms with Crippen LogP contribution in [-0.2, 0) is 6.54 Å². The van der Waals surface area contributed by atoms with Crippen molar-refractivity contribution in [3.8, 4) is 0 Å². The fourth-order valence-corrected chi connectivity index (χ4v) is 2.77. The van der Waals surface area contributed by atoms with Crippen molar-refractivity contribution in [2.75, 3.05) is 20.1 Å². The normalized spacial score (nSPS) is 26.1. The Kier molecular flexibility index (Phi) is 4.43. The van der Waals surface area contributed by atoms with Crippen LogP contribution in [0, 0.1) is 5.92 Å². The lowest BCUT2D eigenvalue weighted by molar-refractivity contribution is 0.174. The molecular weight excluding hydrogens is 232 g/mol. The summed E-state index contributed by atoms with van der Waals surface area (Å²) in [5.41, 5.74) is 1.27. The number of nitrogens with one attached hydrogen (secondary N) is 1. The van der Waals surface area contributed by atoms with Gasteiger partial charge in [0.25, 0.3) is 0 Å². The monoisotopic (exact) mass is 252 g/mol. The molecule has 0 saturated carbocycles. The van der Waals surface area contributed by atoms with Gasteiger partial charge in [0.05, 0.1) is 0 Å². The molecule has 2 atom stereocenters. The molecule has 1 heterocycles. The van der Waals surface area contributed by atoms with E-state index in [1.54, 1.807) is 0 Å². The zero-order valence-corrected chi connectivity index (χ0v) is 11.4. The number of nitrogens with zero attached hydrogens (tertiary/aromatic N) is 1. The topological polar surface area (TPSA) is 15.3 Å². The average molecular weight is 253 g/mol. The quantitative estimate of drug-likeness (QED) is 0.890. The number of rotatable bonds is 3. The fraction of sp³-hybridized carbons (Fsp3) is 0.571. The third-order valence-corrected chi connectivity index (χ3v) is 3.80. The van der Waals surface area contributed by atoms with E-state index in [-0.39, 0.29) is 0 Å². The van der Waals surface area contributed by atoms with Gasteiger partial charge < -0.3 is 10.2 Å². The SMILES string of the molecule is CC1CN(C)CCC1NCc1cccc(Cl)c1. The van der Waals surface area contributed by atoms with Crippen molar-refractivity contribution in [3.05, 3.63) is 34.9 Å². The minimum atomic E-state index is 0.630. The summed E-state index contributed by atoms with van der Waals surface area (Å²) in [5, 5.41) is 4.47. The summed E-state index contributed by atoms with van der Waals surface area (Å²) in [6.07, 6.45) is 1.23. The van der Waals surface area contributed by atoms with E-state index in [2.05, 4.69) is 30.3 Å². The van der Waals surface area contributed by atoms with Gasteiger partial charge in [0, 0.05) is 24.2 Å². The summed E-state index contributed by atoms with van der Waals surface area (Å²) in [5.74, 6) is 0.716. The van der Waals surface area contributed by atoms with E-state index in [0.29, 0.717) is 12.0 Å². The number of likely N-dealkylation sites (tertiary alicyclic amines) is 1. The first-order valence-electron chi connectivity index (χ1n) is 6.31. The predicted molar refractivity (Wildman–Crippen MR) is 73.4 cm³/mol. The maximum absolute atomic E-state index is 5.98. The Morgan fingerprint density at radius 3 is 3.00 bits per heavy atom. The van der Waals surface area contributed by atoms with E-state index in [4.69, 9.17) is 11.6 Å². The molecule has 94 valence electrons. The van der Waals surface area contributed by atoms with Gasteiger partial charge >= 0.3 is 0 Å². The van der Waals surface area contributed by atoms with Crippen molar-refractivity contribution in [2.24, 2.45) is 5.92 Å². The van der Waals surface area contributed by atoms with Crippen LogP contribution in [0.1, 0.15) is 18.9 Å². The molecule has 3 heteroatoms. The zero-order valence-electron chi connectivity index (χ0n) is 10.6. The minimum absolute atomic E-state index is 0.630. The van der Waals surface area contributed by atoms with Gasteiger partial charge in [-0.05, 0) is 43.6 Å². The molecule has 1 aromatic carbocycles. The zero-order chi connectivity index (χ0) is 12.3. The van der Waals surface area contributed by atoms with Crippen LogP contribution in [0.15, 0.2) is 24.3 Å². The number of halogens is 1. The lowest BCUT2D eigenvalue weighted by Gasteiger charge is -2.35. The Balaban J connectivity index is 1.86. The van der Waals surface area contributed by atoms with E-state index < -0.39 is 0 Å². The largest absolute Gasteiger partial charge is 0.310 e. The Bertz CT molecular complexity index is 367. The molecule has 1 aromatic rings. The number of benzene rings is 1. The Morgan fingerprint density at radius 2 is 2.29 bits per heavy atom. The van der Waals surface area contributed by atoms with Crippen molar-refractivity contribution in [3.63, 3.8) is 0 Å². The summed E-state index contributed by atoms with van der Waals surface area (Å²) in [6.45, 7) is 5.62. The number of piperidine rings is 1. The van der Waals surface area contributed by atoms with Gasteiger partial charge in [0.15, 0.2) is 0 Å². The van der Waals surface area contributed by atoms with Gasteiger partial charge in [-0.2, -0.15) is 0 Å². The lowest BCUT2D eigenvalue weighted by atomic mass is 9.94. The molecule has 0 bridgehead atoms. The van der Waals surface area contributed by atoms with Crippen molar-refractivity contribution in [1.82, 2.24) is 10.2 Å². The summed E-state index contributed by atoms with van der Waals surface area (Å²) in [7, 11) is 2.20. The highest BCUT2D eigenvalue weighted by molar-refractivity contribution is 6.30. The molecule has 1 saturated heterocycles. The van der Waals surface area contributed by atoms with Gasteiger partial charge in [0.2, 0.25) is 0 Å². The highest BCUT2D eigenvalue weighted by Crippen LogP contribution is 2.16. The molecule has 0 radical (unpaired) electrons. The molecule has 1 aliphatic rings. The minimum Gasteiger partial charge on any atom is -0.310 e. The van der Waals surface area contributed by atoms with Gasteiger partial charge in [-0.15, -0.1) is 0 Å². The fourth-order valence-electron chi connectivity index (χ4n) is 2.55. The van der Waals surface area contributed by atoms with Crippen molar-refractivity contribution >= 4 is 11.6 Å². The highest BCUT2D eigenvalue weighted by atomic mass is 35.5. The third kappa shape index (κ3) is 3.70. The molecule has 0 spiro atoms. The maximum atomic E-state index is 5.98. The van der Waals surface area contributed by atoms with Gasteiger partial charge in [0.1, 0.15) is 0 Å². The van der Waals surface area contributed by atoms with E-state index in [1.165, 1.54) is 25.1 Å². The Labute approximate surface area is 109 Å². The second kappa shape index (κ2) is 5.85. The van der Waals surface area contributed by atoms with Crippen molar-refractivity contribution in [1.29, 1.82) is 0 Å². The standard InChI is InChI=1S/C14H21ClN2/c1-11-10-17(2)7-6-14(11)16-9-12-4-3-5-13(15)8-12/h3-5,8,11,14,16H,6-7,9-10H2,1-2H3. The van der Waals surface area contributed by atoms with Crippen LogP contribution in [0.25, 0.3) is 0 Å². The summed E-state index contributed by atoms with van der Waals surface area (Å²) < 4.78 is 0. The molecule has 2 nitrogen and oxygen atoms in total. The summed E-state index contributed by atoms with van der Waals surface area (Å²) >= 11 is 5.98. The molecule has 2 unspecified atom stereocenters. The first-order chi connectivity index (χ1) is 8.15. The second-order valence-corrected chi connectivity index (χ2v) is 5.58. The number of hydrogen-bond donors (Lipinski definition) is 1. The van der Waals surface area contributed by atoms with Gasteiger partial charge in [-0.1, -0.05) is 30.7 Å². The lowest BCUT2D eigenvalue weighted by Crippen LogP contribution is -2.46. The average Bonchev–Trinajstić information content (AvgIpc) is 2.28. The molecular formula is C14H21ClN2. The van der Waals surface area contributed by atoms with Crippen molar-refractivity contribution in [2.45, 2.75) is 25.9 Å². The van der Waals surface area contributed by atoms with E-state index >= 15 is 0 Å². The Hall–Kier alpha value is -0.570. The predicted octanol–water partition coefficient (Wildman–Crippen LogP) is 2.77. The maximum Gasteiger partial charge on any atom is 0.0409 e. The number of hydrogen-bond acceptors (Lipinski definition) is 2. The van der Waals surface area contributed by atoms with Crippen molar-refractivity contribution < 1.29 is 0 Å². The summed E-state index contributed by atoms with van der Waals surface area (Å²) in [6, 6.07) is 8.72. The second-order valence-electron chi connectivity index (χ2n) is 5.15. The first-order valence-corrected chi connectivity index (χ1v) is 6.69. The molecule has 0 aromatic heterocycles. The molecule has 1 N–H and O–H groups in total. The molecule has 0 aliphatic carbocycles. The van der Waals surface area contributed by atoms with Crippen LogP contribution >= 0.6 is 11.6 Å². The van der Waals surface area contributed by atoms with E-state index in [9.17, 15) is 0 Å². The van der Waals surface area contributed by atoms with Crippen LogP contribution in [0.2, 0.25) is 5.02 Å². The van der Waals surface area contributed by atoms with Gasteiger partial charge in [-0.3, -0.25) is 0 Å². The smallest absolute Gasteiger partial charge is 0.0409 e. The van der Waals surface area contributed by atoms with Crippen LogP contribution in [0.5, 0.6) is 0 Å². The molecule has 0 amide bonds. The molecule has 2 rings (SSSR count). The molecule has 1 fully saturated rings. The Morgan fingerprint density at radius 1 is 1.47 bits per heavy atom. The van der Waals surface area contributed by atoms with Gasteiger partial charge in [-0.25, -0.2) is 0 Å². The van der Waals surface area contributed by atoms with Crippen LogP contribution in [-0.4, -0.2) is 31.1 Å². The van der Waals surface area contributed by atoms with Crippen LogP contribution in [0.4, 0.5) is 0 Å². The van der Waals surface area contributed by atoms with Crippen LogP contribution < -0.4 is 5.32 Å². The summed E-state index contributed by atoms with van der Waals surface area (Å²) in [4.78, 5) is 2.40. The van der Waals surface area contributed by atoms with E-state index in [1.807, 2.05) is 18.2 Å². The molecule has 1 aliphatic heterocycles. The third-order valence-electron chi connectivity index (χ3n) is 3.57. The van der Waals surface area contributed by atoms with Crippen LogP contribution in [0.3, 0.4) is 0 Å². The highest BCUT2D eigenvalue weighted by Gasteiger charge is 2.23. The molecule has 17 heavy (non-hydrogen) atoms. The first kappa shape index (κ1) is 12.9.